The standard InChI is InChI=1S/C29H25N3O4S/c1-20-7-5-11-26(21(20)2)32(37(34,35)28-12-6-9-22-8-3-4-10-25(22)28)18-29(33)31-24-15-13-23(14-16-24)27-17-30-19-36-27/h3-17,19H,18H2,1-2H3,(H,31,33). The van der Waals surface area contributed by atoms with Gasteiger partial charge in [0.25, 0.3) is 10.0 Å². The number of benzene rings is 4. The number of rotatable bonds is 7. The number of aromatic nitrogens is 1. The monoisotopic (exact) mass is 511 g/mol. The van der Waals surface area contributed by atoms with Gasteiger partial charge >= 0.3 is 0 Å². The van der Waals surface area contributed by atoms with Crippen molar-refractivity contribution in [1.82, 2.24) is 4.98 Å². The average molecular weight is 512 g/mol. The molecule has 1 heterocycles. The van der Waals surface area contributed by atoms with Crippen LogP contribution in [0, 0.1) is 13.8 Å². The molecule has 1 amide bonds. The summed E-state index contributed by atoms with van der Waals surface area (Å²) in [6, 6.07) is 25.0. The SMILES string of the molecule is Cc1cccc(N(CC(=O)Nc2ccc(-c3cnco3)cc2)S(=O)(=O)c2cccc3ccccc23)c1C. The van der Waals surface area contributed by atoms with E-state index in [1.54, 1.807) is 66.9 Å². The Hall–Kier alpha value is -4.43. The predicted molar refractivity (Wildman–Crippen MR) is 145 cm³/mol. The molecule has 0 saturated heterocycles. The van der Waals surface area contributed by atoms with E-state index >= 15 is 0 Å². The fraction of sp³-hybridized carbons (Fsp3) is 0.103. The lowest BCUT2D eigenvalue weighted by atomic mass is 10.1. The molecule has 0 fully saturated rings. The van der Waals surface area contributed by atoms with Crippen LogP contribution >= 0.6 is 0 Å². The lowest BCUT2D eigenvalue weighted by Gasteiger charge is -2.27. The van der Waals surface area contributed by atoms with Gasteiger partial charge in [-0.1, -0.05) is 48.5 Å². The zero-order chi connectivity index (χ0) is 26.0. The van der Waals surface area contributed by atoms with Crippen LogP contribution in [0.3, 0.4) is 0 Å². The van der Waals surface area contributed by atoms with Crippen molar-refractivity contribution >= 4 is 38.1 Å². The molecule has 5 aromatic rings. The highest BCUT2D eigenvalue weighted by atomic mass is 32.2. The highest BCUT2D eigenvalue weighted by Gasteiger charge is 2.30. The molecule has 1 N–H and O–H groups in total. The molecule has 5 rings (SSSR count). The first-order valence-corrected chi connectivity index (χ1v) is 13.1. The summed E-state index contributed by atoms with van der Waals surface area (Å²) in [6.45, 7) is 3.38. The molecule has 1 aromatic heterocycles. The van der Waals surface area contributed by atoms with Crippen LogP contribution in [0.25, 0.3) is 22.1 Å². The smallest absolute Gasteiger partial charge is 0.265 e. The fourth-order valence-corrected chi connectivity index (χ4v) is 5.95. The van der Waals surface area contributed by atoms with Gasteiger partial charge in [0.1, 0.15) is 6.54 Å². The van der Waals surface area contributed by atoms with Gasteiger partial charge in [-0.05, 0) is 66.8 Å². The molecule has 0 radical (unpaired) electrons. The number of aryl methyl sites for hydroxylation is 1. The van der Waals surface area contributed by atoms with E-state index in [2.05, 4.69) is 10.3 Å². The Morgan fingerprint density at radius 1 is 0.919 bits per heavy atom. The van der Waals surface area contributed by atoms with E-state index in [1.807, 2.05) is 38.1 Å². The van der Waals surface area contributed by atoms with Crippen molar-refractivity contribution in [2.75, 3.05) is 16.2 Å². The van der Waals surface area contributed by atoms with Crippen LogP contribution in [0.15, 0.2) is 107 Å². The summed E-state index contributed by atoms with van der Waals surface area (Å²) < 4.78 is 34.7. The fourth-order valence-electron chi connectivity index (χ4n) is 4.25. The van der Waals surface area contributed by atoms with Crippen LogP contribution in [0.2, 0.25) is 0 Å². The Kier molecular flexibility index (Phi) is 6.50. The second kappa shape index (κ2) is 9.91. The summed E-state index contributed by atoms with van der Waals surface area (Å²) >= 11 is 0. The maximum Gasteiger partial charge on any atom is 0.265 e. The Balaban J connectivity index is 1.49. The Morgan fingerprint density at radius 2 is 1.65 bits per heavy atom. The number of sulfonamides is 1. The molecule has 186 valence electrons. The molecule has 0 atom stereocenters. The number of carbonyl (C=O) groups excluding carboxylic acids is 1. The number of nitrogens with one attached hydrogen (secondary N) is 1. The van der Waals surface area contributed by atoms with Crippen LogP contribution in [0.4, 0.5) is 11.4 Å². The molecule has 0 aliphatic rings. The number of nitrogens with zero attached hydrogens (tertiary/aromatic N) is 2. The van der Waals surface area contributed by atoms with E-state index < -0.39 is 15.9 Å². The van der Waals surface area contributed by atoms with Crippen LogP contribution in [-0.2, 0) is 14.8 Å². The second-order valence-electron chi connectivity index (χ2n) is 8.70. The zero-order valence-electron chi connectivity index (χ0n) is 20.4. The Labute approximate surface area is 215 Å². The Morgan fingerprint density at radius 3 is 2.41 bits per heavy atom. The summed E-state index contributed by atoms with van der Waals surface area (Å²) in [5.41, 5.74) is 3.53. The van der Waals surface area contributed by atoms with Crippen molar-refractivity contribution in [2.24, 2.45) is 0 Å². The molecule has 37 heavy (non-hydrogen) atoms. The van der Waals surface area contributed by atoms with Crippen LogP contribution in [-0.4, -0.2) is 25.9 Å². The maximum absolute atomic E-state index is 14.1. The second-order valence-corrected chi connectivity index (χ2v) is 10.5. The highest BCUT2D eigenvalue weighted by Crippen LogP contribution is 2.32. The van der Waals surface area contributed by atoms with E-state index in [0.29, 0.717) is 22.5 Å². The molecule has 8 heteroatoms. The number of oxazole rings is 1. The van der Waals surface area contributed by atoms with Gasteiger partial charge in [0.15, 0.2) is 12.2 Å². The van der Waals surface area contributed by atoms with Gasteiger partial charge in [0.2, 0.25) is 5.91 Å². The number of hydrogen-bond acceptors (Lipinski definition) is 5. The quantitative estimate of drug-likeness (QED) is 0.292. The number of amides is 1. The number of anilines is 2. The largest absolute Gasteiger partial charge is 0.444 e. The summed E-state index contributed by atoms with van der Waals surface area (Å²) in [5, 5.41) is 4.23. The van der Waals surface area contributed by atoms with Gasteiger partial charge in [0.05, 0.1) is 16.8 Å². The maximum atomic E-state index is 14.1. The van der Waals surface area contributed by atoms with Crippen LogP contribution < -0.4 is 9.62 Å². The Bertz CT molecular complexity index is 1670. The summed E-state index contributed by atoms with van der Waals surface area (Å²) in [5.74, 6) is 0.150. The number of fused-ring (bicyclic) bond motifs is 1. The van der Waals surface area contributed by atoms with Gasteiger partial charge in [0, 0.05) is 16.6 Å². The van der Waals surface area contributed by atoms with Crippen molar-refractivity contribution in [3.63, 3.8) is 0 Å². The average Bonchev–Trinajstić information content (AvgIpc) is 3.44. The van der Waals surface area contributed by atoms with Gasteiger partial charge in [-0.3, -0.25) is 9.10 Å². The van der Waals surface area contributed by atoms with Crippen molar-refractivity contribution in [2.45, 2.75) is 18.7 Å². The first kappa shape index (κ1) is 24.3. The topological polar surface area (TPSA) is 92.5 Å². The summed E-state index contributed by atoms with van der Waals surface area (Å²) in [6.07, 6.45) is 2.96. The van der Waals surface area contributed by atoms with E-state index in [9.17, 15) is 13.2 Å². The lowest BCUT2D eigenvalue weighted by molar-refractivity contribution is -0.114. The molecular weight excluding hydrogens is 486 g/mol. The zero-order valence-corrected chi connectivity index (χ0v) is 21.2. The molecule has 0 unspecified atom stereocenters. The van der Waals surface area contributed by atoms with E-state index in [-0.39, 0.29) is 11.4 Å². The van der Waals surface area contributed by atoms with Gasteiger partial charge in [-0.25, -0.2) is 13.4 Å². The third-order valence-corrected chi connectivity index (χ3v) is 8.15. The lowest BCUT2D eigenvalue weighted by Crippen LogP contribution is -2.38. The van der Waals surface area contributed by atoms with Crippen molar-refractivity contribution in [3.05, 3.63) is 109 Å². The first-order valence-electron chi connectivity index (χ1n) is 11.7. The van der Waals surface area contributed by atoms with Gasteiger partial charge in [-0.15, -0.1) is 0 Å². The third-order valence-electron chi connectivity index (χ3n) is 6.34. The summed E-state index contributed by atoms with van der Waals surface area (Å²) in [7, 11) is -4.09. The summed E-state index contributed by atoms with van der Waals surface area (Å²) in [4.78, 5) is 17.3. The van der Waals surface area contributed by atoms with E-state index in [1.165, 1.54) is 10.7 Å². The molecular formula is C29H25N3O4S. The molecule has 7 nitrogen and oxygen atoms in total. The minimum absolute atomic E-state index is 0.149. The normalized spacial score (nSPS) is 11.4. The highest BCUT2D eigenvalue weighted by molar-refractivity contribution is 7.93. The van der Waals surface area contributed by atoms with Crippen molar-refractivity contribution < 1.29 is 17.6 Å². The van der Waals surface area contributed by atoms with Crippen LogP contribution in [0.5, 0.6) is 0 Å². The van der Waals surface area contributed by atoms with Gasteiger partial charge < -0.3 is 9.73 Å². The minimum atomic E-state index is -4.09. The molecule has 0 saturated carbocycles. The van der Waals surface area contributed by atoms with E-state index in [0.717, 1.165) is 22.1 Å². The first-order chi connectivity index (χ1) is 17.8. The molecule has 0 aliphatic heterocycles. The number of hydrogen-bond donors (Lipinski definition) is 1. The third kappa shape index (κ3) is 4.83. The molecule has 4 aromatic carbocycles. The predicted octanol–water partition coefficient (Wildman–Crippen LogP) is 5.95. The van der Waals surface area contributed by atoms with Crippen molar-refractivity contribution in [3.8, 4) is 11.3 Å². The molecule has 0 spiro atoms. The van der Waals surface area contributed by atoms with Gasteiger partial charge in [-0.2, -0.15) is 0 Å². The minimum Gasteiger partial charge on any atom is -0.444 e. The van der Waals surface area contributed by atoms with Crippen LogP contribution in [0.1, 0.15) is 11.1 Å². The van der Waals surface area contributed by atoms with Crippen molar-refractivity contribution in [1.29, 1.82) is 0 Å². The van der Waals surface area contributed by atoms with E-state index in [4.69, 9.17) is 4.42 Å². The molecule has 0 aliphatic carbocycles. The number of carbonyl (C=O) groups is 1. The molecule has 0 bridgehead atoms.